The number of rotatable bonds is 4. The van der Waals surface area contributed by atoms with E-state index in [1.807, 2.05) is 60.7 Å². The molecule has 2 aliphatic rings. The van der Waals surface area contributed by atoms with Gasteiger partial charge in [-0.3, -0.25) is 4.90 Å². The van der Waals surface area contributed by atoms with Crippen LogP contribution in [0.5, 0.6) is 0 Å². The Balaban J connectivity index is 0.000000199. The first-order valence-corrected chi connectivity index (χ1v) is 10.5. The minimum absolute atomic E-state index is 0.0398. The van der Waals surface area contributed by atoms with Crippen molar-refractivity contribution in [1.29, 1.82) is 0 Å². The highest BCUT2D eigenvalue weighted by molar-refractivity contribution is 6.61. The minimum atomic E-state index is -0.770. The van der Waals surface area contributed by atoms with Crippen LogP contribution in [0, 0.1) is 0 Å². The molecule has 160 valence electrons. The van der Waals surface area contributed by atoms with Crippen molar-refractivity contribution in [2.75, 3.05) is 0 Å². The van der Waals surface area contributed by atoms with Crippen LogP contribution in [-0.2, 0) is 22.7 Å². The lowest BCUT2D eigenvalue weighted by Crippen LogP contribution is -2.46. The lowest BCUT2D eigenvalue weighted by molar-refractivity contribution is 0.0480. The maximum Gasteiger partial charge on any atom is 0.410 e. The van der Waals surface area contributed by atoms with Crippen molar-refractivity contribution in [2.24, 2.45) is 0 Å². The number of amides is 1. The predicted octanol–water partition coefficient (Wildman–Crippen LogP) is 4.87. The molecule has 0 spiro atoms. The molecule has 2 aromatic carbocycles. The standard InChI is InChI=1S/C15H19NO3.C8H7ClO2/c17-14-9-12-7-4-8-13(14)16(12)15(18)19-10-11-5-2-1-3-6-11;9-8(10)11-6-7-4-2-1-3-5-7/h1-3,5-6,12-14,17H,4,7-10H2;1-5H,6H2. The maximum atomic E-state index is 12.2. The van der Waals surface area contributed by atoms with Gasteiger partial charge in [0.15, 0.2) is 0 Å². The molecule has 3 unspecified atom stereocenters. The Labute approximate surface area is 181 Å². The van der Waals surface area contributed by atoms with Crippen molar-refractivity contribution in [3.05, 3.63) is 71.8 Å². The molecule has 4 rings (SSSR count). The van der Waals surface area contributed by atoms with Crippen LogP contribution in [0.4, 0.5) is 9.59 Å². The Morgan fingerprint density at radius 2 is 1.50 bits per heavy atom. The normalized spacial score (nSPS) is 21.9. The number of halogens is 1. The number of piperidine rings is 1. The highest BCUT2D eigenvalue weighted by Gasteiger charge is 2.46. The number of fused-ring (bicyclic) bond motifs is 2. The van der Waals surface area contributed by atoms with Gasteiger partial charge in [-0.05, 0) is 36.8 Å². The SMILES string of the molecule is O=C(Cl)OCc1ccccc1.O=C(OCc1ccccc1)N1C2CCCC1C(O)C2. The third-order valence-corrected chi connectivity index (χ3v) is 5.47. The summed E-state index contributed by atoms with van der Waals surface area (Å²) < 4.78 is 9.93. The number of aliphatic hydroxyl groups excluding tert-OH is 1. The molecule has 2 heterocycles. The summed E-state index contributed by atoms with van der Waals surface area (Å²) in [4.78, 5) is 24.1. The Hall–Kier alpha value is -2.57. The number of ether oxygens (including phenoxy) is 2. The summed E-state index contributed by atoms with van der Waals surface area (Å²) in [6.45, 7) is 0.537. The summed E-state index contributed by atoms with van der Waals surface area (Å²) in [5, 5.41) is 9.95. The van der Waals surface area contributed by atoms with Gasteiger partial charge in [-0.2, -0.15) is 0 Å². The van der Waals surface area contributed by atoms with Crippen molar-refractivity contribution in [1.82, 2.24) is 4.90 Å². The van der Waals surface area contributed by atoms with Gasteiger partial charge in [0, 0.05) is 17.6 Å². The molecular weight excluding hydrogens is 406 g/mol. The number of carbonyl (C=O) groups is 2. The molecule has 0 aromatic heterocycles. The lowest BCUT2D eigenvalue weighted by Gasteiger charge is -2.34. The minimum Gasteiger partial charge on any atom is -0.449 e. The van der Waals surface area contributed by atoms with Gasteiger partial charge >= 0.3 is 11.5 Å². The van der Waals surface area contributed by atoms with Gasteiger partial charge in [0.1, 0.15) is 13.2 Å². The number of carbonyl (C=O) groups excluding carboxylic acids is 2. The van der Waals surface area contributed by atoms with Crippen LogP contribution in [-0.4, -0.2) is 39.7 Å². The molecule has 0 aliphatic carbocycles. The Bertz CT molecular complexity index is 817. The third-order valence-electron chi connectivity index (χ3n) is 5.36. The first-order valence-electron chi connectivity index (χ1n) is 10.1. The van der Waals surface area contributed by atoms with Gasteiger partial charge in [-0.15, -0.1) is 0 Å². The van der Waals surface area contributed by atoms with E-state index in [1.54, 1.807) is 4.90 Å². The monoisotopic (exact) mass is 431 g/mol. The molecule has 2 aliphatic heterocycles. The first kappa shape index (κ1) is 22.1. The van der Waals surface area contributed by atoms with E-state index in [4.69, 9.17) is 16.3 Å². The number of hydrogen-bond acceptors (Lipinski definition) is 5. The third kappa shape index (κ3) is 6.21. The van der Waals surface area contributed by atoms with E-state index in [0.29, 0.717) is 13.0 Å². The molecule has 2 fully saturated rings. The van der Waals surface area contributed by atoms with Crippen LogP contribution >= 0.6 is 11.6 Å². The highest BCUT2D eigenvalue weighted by Crippen LogP contribution is 2.36. The Morgan fingerprint density at radius 1 is 0.933 bits per heavy atom. The van der Waals surface area contributed by atoms with Crippen molar-refractivity contribution < 1.29 is 24.2 Å². The summed E-state index contributed by atoms with van der Waals surface area (Å²) in [6.07, 6.45) is 3.00. The quantitative estimate of drug-likeness (QED) is 0.698. The van der Waals surface area contributed by atoms with Crippen LogP contribution in [0.15, 0.2) is 60.7 Å². The van der Waals surface area contributed by atoms with Crippen molar-refractivity contribution in [2.45, 2.75) is 57.1 Å². The van der Waals surface area contributed by atoms with E-state index >= 15 is 0 Å². The number of nitrogens with zero attached hydrogens (tertiary/aromatic N) is 1. The second-order valence-corrected chi connectivity index (χ2v) is 7.72. The molecule has 1 N–H and O–H groups in total. The largest absolute Gasteiger partial charge is 0.449 e. The van der Waals surface area contributed by atoms with Gasteiger partial charge in [-0.1, -0.05) is 60.7 Å². The molecule has 2 bridgehead atoms. The van der Waals surface area contributed by atoms with E-state index in [-0.39, 0.29) is 30.9 Å². The molecule has 0 saturated carbocycles. The average molecular weight is 432 g/mol. The van der Waals surface area contributed by atoms with Crippen LogP contribution in [0.3, 0.4) is 0 Å². The van der Waals surface area contributed by atoms with E-state index in [9.17, 15) is 14.7 Å². The smallest absolute Gasteiger partial charge is 0.410 e. The topological polar surface area (TPSA) is 76.1 Å². The van der Waals surface area contributed by atoms with Gasteiger partial charge in [0.2, 0.25) is 0 Å². The fourth-order valence-corrected chi connectivity index (χ4v) is 4.00. The Morgan fingerprint density at radius 3 is 2.03 bits per heavy atom. The zero-order valence-electron chi connectivity index (χ0n) is 16.7. The zero-order valence-corrected chi connectivity index (χ0v) is 17.4. The van der Waals surface area contributed by atoms with E-state index in [2.05, 4.69) is 4.74 Å². The van der Waals surface area contributed by atoms with Crippen molar-refractivity contribution >= 4 is 23.1 Å². The molecule has 30 heavy (non-hydrogen) atoms. The summed E-state index contributed by atoms with van der Waals surface area (Å²) in [7, 11) is 0. The summed E-state index contributed by atoms with van der Waals surface area (Å²) in [5.41, 5.74) is 1.15. The molecule has 3 atom stereocenters. The fraction of sp³-hybridized carbons (Fsp3) is 0.391. The van der Waals surface area contributed by atoms with Gasteiger partial charge < -0.3 is 14.6 Å². The second-order valence-electron chi connectivity index (χ2n) is 7.41. The van der Waals surface area contributed by atoms with E-state index < -0.39 is 5.43 Å². The lowest BCUT2D eigenvalue weighted by atomic mass is 10.0. The number of aliphatic hydroxyl groups is 1. The zero-order chi connectivity index (χ0) is 21.3. The van der Waals surface area contributed by atoms with E-state index in [0.717, 1.165) is 30.4 Å². The molecule has 6 nitrogen and oxygen atoms in total. The molecule has 2 aromatic rings. The molecule has 7 heteroatoms. The summed E-state index contributed by atoms with van der Waals surface area (Å²) >= 11 is 4.97. The maximum absolute atomic E-state index is 12.2. The van der Waals surface area contributed by atoms with Crippen LogP contribution in [0.25, 0.3) is 0 Å². The van der Waals surface area contributed by atoms with Crippen molar-refractivity contribution in [3.63, 3.8) is 0 Å². The molecule has 2 saturated heterocycles. The first-order chi connectivity index (χ1) is 14.5. The molecular formula is C23H26ClNO5. The number of benzene rings is 2. The predicted molar refractivity (Wildman–Crippen MR) is 113 cm³/mol. The van der Waals surface area contributed by atoms with Crippen LogP contribution < -0.4 is 0 Å². The fourth-order valence-electron chi connectivity index (χ4n) is 3.95. The second kappa shape index (κ2) is 11.0. The summed E-state index contributed by atoms with van der Waals surface area (Å²) in [6, 6.07) is 19.2. The molecule has 0 radical (unpaired) electrons. The van der Waals surface area contributed by atoms with Gasteiger partial charge in [0.25, 0.3) is 0 Å². The van der Waals surface area contributed by atoms with Crippen molar-refractivity contribution in [3.8, 4) is 0 Å². The highest BCUT2D eigenvalue weighted by atomic mass is 35.5. The van der Waals surface area contributed by atoms with Crippen LogP contribution in [0.2, 0.25) is 0 Å². The number of hydrogen-bond donors (Lipinski definition) is 1. The Kier molecular flexibility index (Phi) is 8.11. The summed E-state index contributed by atoms with van der Waals surface area (Å²) in [5.74, 6) is 0. The van der Waals surface area contributed by atoms with E-state index in [1.165, 1.54) is 0 Å². The van der Waals surface area contributed by atoms with Gasteiger partial charge in [-0.25, -0.2) is 9.59 Å². The average Bonchev–Trinajstić information content (AvgIpc) is 2.96. The van der Waals surface area contributed by atoms with Gasteiger partial charge in [0.05, 0.1) is 12.1 Å². The molecule has 1 amide bonds. The van der Waals surface area contributed by atoms with Crippen LogP contribution in [0.1, 0.15) is 36.8 Å².